The zero-order chi connectivity index (χ0) is 22.4. The van der Waals surface area contributed by atoms with Crippen molar-refractivity contribution in [3.8, 4) is 17.2 Å². The third-order valence-electron chi connectivity index (χ3n) is 6.51. The Morgan fingerprint density at radius 1 is 1.03 bits per heavy atom. The van der Waals surface area contributed by atoms with Crippen LogP contribution in [-0.4, -0.2) is 36.8 Å². The number of aromatic amines is 1. The van der Waals surface area contributed by atoms with Gasteiger partial charge in [0.1, 0.15) is 22.9 Å². The Kier molecular flexibility index (Phi) is 4.96. The van der Waals surface area contributed by atoms with Gasteiger partial charge in [-0.3, -0.25) is 4.79 Å². The van der Waals surface area contributed by atoms with Crippen LogP contribution < -0.4 is 19.5 Å². The summed E-state index contributed by atoms with van der Waals surface area (Å²) in [4.78, 5) is 16.9. The second-order valence-electron chi connectivity index (χ2n) is 8.17. The van der Waals surface area contributed by atoms with Crippen molar-refractivity contribution >= 4 is 27.7 Å². The SMILES string of the molecule is COc1ccc2[nH]c3c(c2c1)CCCC3NC(=O)c1cc2c(OC)ccc(OC)c2n1C. The summed E-state index contributed by atoms with van der Waals surface area (Å²) in [5.41, 5.74) is 4.81. The number of hydrogen-bond acceptors (Lipinski definition) is 4. The zero-order valence-corrected chi connectivity index (χ0v) is 18.7. The van der Waals surface area contributed by atoms with E-state index in [9.17, 15) is 4.79 Å². The molecule has 7 nitrogen and oxygen atoms in total. The van der Waals surface area contributed by atoms with Gasteiger partial charge >= 0.3 is 0 Å². The number of H-pyrrole nitrogens is 1. The summed E-state index contributed by atoms with van der Waals surface area (Å²) < 4.78 is 18.3. The Hall–Kier alpha value is -3.61. The number of aromatic nitrogens is 2. The molecule has 0 saturated heterocycles. The molecular formula is C25H27N3O4. The van der Waals surface area contributed by atoms with E-state index in [2.05, 4.69) is 16.4 Å². The Bertz CT molecular complexity index is 1330. The fourth-order valence-corrected chi connectivity index (χ4v) is 4.91. The lowest BCUT2D eigenvalue weighted by Gasteiger charge is -2.24. The van der Waals surface area contributed by atoms with E-state index in [1.807, 2.05) is 41.9 Å². The number of fused-ring (bicyclic) bond motifs is 4. The average Bonchev–Trinajstić information content (AvgIpc) is 3.37. The number of methoxy groups -OCH3 is 3. The van der Waals surface area contributed by atoms with Gasteiger partial charge in [-0.25, -0.2) is 0 Å². The molecule has 2 aromatic carbocycles. The summed E-state index contributed by atoms with van der Waals surface area (Å²) in [5, 5.41) is 5.27. The first-order chi connectivity index (χ1) is 15.5. The van der Waals surface area contributed by atoms with Gasteiger partial charge < -0.3 is 29.1 Å². The molecule has 0 radical (unpaired) electrons. The van der Waals surface area contributed by atoms with Crippen molar-refractivity contribution < 1.29 is 19.0 Å². The van der Waals surface area contributed by atoms with E-state index in [1.165, 1.54) is 5.56 Å². The smallest absolute Gasteiger partial charge is 0.268 e. The van der Waals surface area contributed by atoms with Crippen LogP contribution in [0.2, 0.25) is 0 Å². The molecule has 1 atom stereocenters. The number of amides is 1. The Morgan fingerprint density at radius 2 is 1.81 bits per heavy atom. The van der Waals surface area contributed by atoms with E-state index >= 15 is 0 Å². The molecule has 2 aromatic heterocycles. The number of hydrogen-bond donors (Lipinski definition) is 2. The van der Waals surface area contributed by atoms with Crippen molar-refractivity contribution in [1.82, 2.24) is 14.9 Å². The number of nitrogens with one attached hydrogen (secondary N) is 2. The molecule has 2 heterocycles. The second kappa shape index (κ2) is 7.82. The monoisotopic (exact) mass is 433 g/mol. The number of carbonyl (C=O) groups excluding carboxylic acids is 1. The van der Waals surface area contributed by atoms with Crippen LogP contribution in [0.5, 0.6) is 17.2 Å². The summed E-state index contributed by atoms with van der Waals surface area (Å²) in [7, 11) is 6.81. The van der Waals surface area contributed by atoms with Crippen LogP contribution in [-0.2, 0) is 13.5 Å². The molecule has 0 saturated carbocycles. The summed E-state index contributed by atoms with van der Waals surface area (Å²) in [6.45, 7) is 0. The van der Waals surface area contributed by atoms with E-state index in [0.29, 0.717) is 17.2 Å². The van der Waals surface area contributed by atoms with Crippen molar-refractivity contribution in [2.45, 2.75) is 25.3 Å². The number of carbonyl (C=O) groups is 1. The van der Waals surface area contributed by atoms with Gasteiger partial charge in [0, 0.05) is 29.0 Å². The molecule has 1 aliphatic carbocycles. The number of aryl methyl sites for hydroxylation is 2. The molecule has 0 bridgehead atoms. The lowest BCUT2D eigenvalue weighted by Crippen LogP contribution is -2.32. The first-order valence-corrected chi connectivity index (χ1v) is 10.8. The summed E-state index contributed by atoms with van der Waals surface area (Å²) in [6, 6.07) is 11.6. The fraction of sp³-hybridized carbons (Fsp3) is 0.320. The van der Waals surface area contributed by atoms with E-state index in [1.54, 1.807) is 21.3 Å². The summed E-state index contributed by atoms with van der Waals surface area (Å²) in [5.74, 6) is 2.12. The van der Waals surface area contributed by atoms with E-state index in [0.717, 1.165) is 52.5 Å². The maximum absolute atomic E-state index is 13.4. The number of rotatable bonds is 5. The van der Waals surface area contributed by atoms with Crippen LogP contribution in [0.4, 0.5) is 0 Å². The van der Waals surface area contributed by atoms with Gasteiger partial charge in [-0.2, -0.15) is 0 Å². The standard InChI is InChI=1S/C25H27N3O4/c1-28-20(13-17-21(31-3)10-11-22(32-4)24(17)28)25(29)27-19-7-5-6-15-16-12-14(30-2)8-9-18(16)26-23(15)19/h8-13,19,26H,5-7H2,1-4H3,(H,27,29). The quantitative estimate of drug-likeness (QED) is 0.486. The largest absolute Gasteiger partial charge is 0.497 e. The number of ether oxygens (including phenoxy) is 3. The number of nitrogens with zero attached hydrogens (tertiary/aromatic N) is 1. The van der Waals surface area contributed by atoms with Gasteiger partial charge in [0.05, 0.1) is 32.9 Å². The van der Waals surface area contributed by atoms with E-state index < -0.39 is 0 Å². The summed E-state index contributed by atoms with van der Waals surface area (Å²) >= 11 is 0. The minimum atomic E-state index is -0.123. The third kappa shape index (κ3) is 3.07. The highest BCUT2D eigenvalue weighted by Crippen LogP contribution is 2.38. The molecule has 1 aliphatic rings. The van der Waals surface area contributed by atoms with Crippen LogP contribution in [0, 0.1) is 0 Å². The molecular weight excluding hydrogens is 406 g/mol. The van der Waals surface area contributed by atoms with Crippen molar-refractivity contribution in [2.24, 2.45) is 7.05 Å². The normalized spacial score (nSPS) is 15.6. The predicted molar refractivity (Wildman–Crippen MR) is 124 cm³/mol. The highest BCUT2D eigenvalue weighted by Gasteiger charge is 2.27. The fourth-order valence-electron chi connectivity index (χ4n) is 4.91. The van der Waals surface area contributed by atoms with Gasteiger partial charge in [-0.05, 0) is 61.2 Å². The molecule has 2 N–H and O–H groups in total. The Morgan fingerprint density at radius 3 is 2.56 bits per heavy atom. The Balaban J connectivity index is 1.52. The highest BCUT2D eigenvalue weighted by molar-refractivity contribution is 6.02. The predicted octanol–water partition coefficient (Wildman–Crippen LogP) is 4.49. The maximum atomic E-state index is 13.4. The first kappa shape index (κ1) is 20.3. The Labute approximate surface area is 186 Å². The average molecular weight is 434 g/mol. The molecule has 32 heavy (non-hydrogen) atoms. The van der Waals surface area contributed by atoms with Crippen molar-refractivity contribution in [3.63, 3.8) is 0 Å². The minimum absolute atomic E-state index is 0.0774. The molecule has 0 spiro atoms. The highest BCUT2D eigenvalue weighted by atomic mass is 16.5. The lowest BCUT2D eigenvalue weighted by atomic mass is 9.91. The van der Waals surface area contributed by atoms with Gasteiger partial charge in [0.25, 0.3) is 5.91 Å². The van der Waals surface area contributed by atoms with Crippen molar-refractivity contribution in [3.05, 3.63) is 53.3 Å². The van der Waals surface area contributed by atoms with Gasteiger partial charge in [-0.1, -0.05) is 0 Å². The zero-order valence-electron chi connectivity index (χ0n) is 18.7. The van der Waals surface area contributed by atoms with Gasteiger partial charge in [-0.15, -0.1) is 0 Å². The molecule has 5 rings (SSSR count). The van der Waals surface area contributed by atoms with Crippen molar-refractivity contribution in [2.75, 3.05) is 21.3 Å². The summed E-state index contributed by atoms with van der Waals surface area (Å²) in [6.07, 6.45) is 2.88. The molecule has 4 aromatic rings. The second-order valence-corrected chi connectivity index (χ2v) is 8.17. The topological polar surface area (TPSA) is 77.5 Å². The molecule has 0 fully saturated rings. The maximum Gasteiger partial charge on any atom is 0.268 e. The molecule has 0 aliphatic heterocycles. The lowest BCUT2D eigenvalue weighted by molar-refractivity contribution is 0.0924. The van der Waals surface area contributed by atoms with Crippen molar-refractivity contribution in [1.29, 1.82) is 0 Å². The van der Waals surface area contributed by atoms with Crippen LogP contribution in [0.1, 0.15) is 40.6 Å². The van der Waals surface area contributed by atoms with Crippen LogP contribution in [0.3, 0.4) is 0 Å². The van der Waals surface area contributed by atoms with Crippen LogP contribution >= 0.6 is 0 Å². The first-order valence-electron chi connectivity index (χ1n) is 10.8. The molecule has 7 heteroatoms. The third-order valence-corrected chi connectivity index (χ3v) is 6.51. The molecule has 1 amide bonds. The van der Waals surface area contributed by atoms with Gasteiger partial charge in [0.15, 0.2) is 0 Å². The minimum Gasteiger partial charge on any atom is -0.497 e. The molecule has 1 unspecified atom stereocenters. The van der Waals surface area contributed by atoms with Gasteiger partial charge in [0.2, 0.25) is 0 Å². The van der Waals surface area contributed by atoms with Crippen LogP contribution in [0.25, 0.3) is 21.8 Å². The van der Waals surface area contributed by atoms with E-state index in [-0.39, 0.29) is 11.9 Å². The van der Waals surface area contributed by atoms with E-state index in [4.69, 9.17) is 14.2 Å². The number of benzene rings is 2. The van der Waals surface area contributed by atoms with Crippen LogP contribution in [0.15, 0.2) is 36.4 Å². The molecule has 166 valence electrons.